The molecule has 0 saturated carbocycles. The number of H-pyrrole nitrogens is 1. The SMILES string of the molecule is CCS[C@@H]([C@@H](Nc1ccc([N+](=O)[O-])cc1[N+](=O)[O-])[C@H](O)[C@H](O)[C@H](O)CO)n1cc(C)c(=O)[nH]c1=O. The summed E-state index contributed by atoms with van der Waals surface area (Å²) in [5.41, 5.74) is -2.97. The number of hydrogen-bond donors (Lipinski definition) is 6. The normalized spacial score (nSPS) is 15.6. The number of nitro groups is 2. The smallest absolute Gasteiger partial charge is 0.329 e. The van der Waals surface area contributed by atoms with E-state index in [2.05, 4.69) is 10.3 Å². The molecular weight excluding hydrogens is 490 g/mol. The molecule has 0 spiro atoms. The van der Waals surface area contributed by atoms with E-state index in [0.717, 1.165) is 28.5 Å². The van der Waals surface area contributed by atoms with E-state index in [1.807, 2.05) is 0 Å². The van der Waals surface area contributed by atoms with Crippen LogP contribution in [0.5, 0.6) is 0 Å². The largest absolute Gasteiger partial charge is 0.394 e. The summed E-state index contributed by atoms with van der Waals surface area (Å²) in [4.78, 5) is 47.5. The van der Waals surface area contributed by atoms with Crippen LogP contribution in [0.1, 0.15) is 17.9 Å². The molecule has 2 rings (SSSR count). The number of rotatable bonds is 12. The third-order valence-electron chi connectivity index (χ3n) is 5.07. The molecule has 35 heavy (non-hydrogen) atoms. The summed E-state index contributed by atoms with van der Waals surface area (Å²) >= 11 is 1.06. The number of aromatic amines is 1. The number of nitrogens with one attached hydrogen (secondary N) is 2. The number of aliphatic hydroxyl groups is 4. The molecule has 6 N–H and O–H groups in total. The van der Waals surface area contributed by atoms with E-state index in [4.69, 9.17) is 0 Å². The summed E-state index contributed by atoms with van der Waals surface area (Å²) in [6, 6.07) is 1.26. The highest BCUT2D eigenvalue weighted by atomic mass is 32.2. The van der Waals surface area contributed by atoms with Crippen molar-refractivity contribution in [3.63, 3.8) is 0 Å². The second kappa shape index (κ2) is 11.9. The molecule has 0 bridgehead atoms. The molecule has 1 aromatic carbocycles. The molecular formula is C19H25N5O10S. The quantitative estimate of drug-likeness (QED) is 0.155. The summed E-state index contributed by atoms with van der Waals surface area (Å²) in [5.74, 6) is 0.335. The first-order valence-electron chi connectivity index (χ1n) is 10.2. The van der Waals surface area contributed by atoms with Crippen LogP contribution >= 0.6 is 11.8 Å². The Hall–Kier alpha value is -3.31. The van der Waals surface area contributed by atoms with Gasteiger partial charge in [0.2, 0.25) is 0 Å². The molecule has 16 heteroatoms. The Bertz CT molecular complexity index is 1190. The zero-order valence-electron chi connectivity index (χ0n) is 18.6. The molecule has 2 aromatic rings. The number of nitrogens with zero attached hydrogens (tertiary/aromatic N) is 3. The Labute approximate surface area is 201 Å². The predicted molar refractivity (Wildman–Crippen MR) is 125 cm³/mol. The third-order valence-corrected chi connectivity index (χ3v) is 6.27. The summed E-state index contributed by atoms with van der Waals surface area (Å²) < 4.78 is 1.04. The second-order valence-corrected chi connectivity index (χ2v) is 8.84. The number of non-ortho nitro benzene ring substituents is 1. The molecule has 1 aromatic heterocycles. The summed E-state index contributed by atoms with van der Waals surface area (Å²) in [6.07, 6.45) is -4.48. The zero-order valence-corrected chi connectivity index (χ0v) is 19.4. The number of aliphatic hydroxyl groups excluding tert-OH is 4. The van der Waals surface area contributed by atoms with Gasteiger partial charge in [-0.3, -0.25) is 34.6 Å². The van der Waals surface area contributed by atoms with Crippen LogP contribution in [0.15, 0.2) is 34.0 Å². The van der Waals surface area contributed by atoms with Gasteiger partial charge >= 0.3 is 5.69 Å². The Morgan fingerprint density at radius 1 is 1.14 bits per heavy atom. The molecule has 15 nitrogen and oxygen atoms in total. The van der Waals surface area contributed by atoms with Crippen molar-refractivity contribution in [1.29, 1.82) is 0 Å². The minimum absolute atomic E-state index is 0.136. The van der Waals surface area contributed by atoms with Gasteiger partial charge in [-0.2, -0.15) is 0 Å². The number of benzene rings is 1. The molecule has 0 aliphatic carbocycles. The fraction of sp³-hybridized carbons (Fsp3) is 0.474. The first kappa shape index (κ1) is 27.9. The van der Waals surface area contributed by atoms with Crippen LogP contribution in [0.2, 0.25) is 0 Å². The van der Waals surface area contributed by atoms with E-state index in [9.17, 15) is 50.2 Å². The van der Waals surface area contributed by atoms with Crippen molar-refractivity contribution < 1.29 is 30.3 Å². The van der Waals surface area contributed by atoms with E-state index < -0.39 is 68.8 Å². The number of nitro benzene ring substituents is 2. The van der Waals surface area contributed by atoms with E-state index in [1.165, 1.54) is 13.1 Å². The lowest BCUT2D eigenvalue weighted by Crippen LogP contribution is -2.52. The Morgan fingerprint density at radius 3 is 2.34 bits per heavy atom. The van der Waals surface area contributed by atoms with Crippen LogP contribution in [0.3, 0.4) is 0 Å². The fourth-order valence-electron chi connectivity index (χ4n) is 3.26. The van der Waals surface area contributed by atoms with E-state index >= 15 is 0 Å². The molecule has 0 radical (unpaired) electrons. The van der Waals surface area contributed by atoms with Crippen molar-refractivity contribution in [2.45, 2.75) is 43.6 Å². The van der Waals surface area contributed by atoms with Gasteiger partial charge in [-0.15, -0.1) is 11.8 Å². The standard InChI is InChI=1S/C19H25N5O10S/c1-3-35-18(22-7-9(2)17(29)21-19(22)30)14(16(28)15(27)13(26)8-25)20-11-5-4-10(23(31)32)6-12(11)24(33)34/h4-7,13-16,18,20,25-28H,3,8H2,1-2H3,(H,21,29,30)/t13-,14+,15-,16+,18+/m1/s1. The molecule has 0 saturated heterocycles. The van der Waals surface area contributed by atoms with Gasteiger partial charge in [0, 0.05) is 17.8 Å². The Morgan fingerprint density at radius 2 is 1.80 bits per heavy atom. The second-order valence-electron chi connectivity index (χ2n) is 7.44. The van der Waals surface area contributed by atoms with Crippen molar-refractivity contribution in [2.75, 3.05) is 17.7 Å². The van der Waals surface area contributed by atoms with Gasteiger partial charge in [-0.25, -0.2) is 4.79 Å². The number of aromatic nitrogens is 2. The van der Waals surface area contributed by atoms with Crippen LogP contribution in [0.25, 0.3) is 0 Å². The highest BCUT2D eigenvalue weighted by Crippen LogP contribution is 2.35. The maximum atomic E-state index is 12.6. The predicted octanol–water partition coefficient (Wildman–Crippen LogP) is -0.531. The summed E-state index contributed by atoms with van der Waals surface area (Å²) in [7, 11) is 0. The molecule has 0 fully saturated rings. The van der Waals surface area contributed by atoms with Gasteiger partial charge in [0.15, 0.2) is 0 Å². The molecule has 0 aliphatic heterocycles. The van der Waals surface area contributed by atoms with E-state index in [-0.39, 0.29) is 11.3 Å². The molecule has 0 amide bonds. The van der Waals surface area contributed by atoms with Gasteiger partial charge in [0.05, 0.1) is 28.6 Å². The van der Waals surface area contributed by atoms with E-state index in [0.29, 0.717) is 11.8 Å². The lowest BCUT2D eigenvalue weighted by atomic mass is 10.00. The lowest BCUT2D eigenvalue weighted by Gasteiger charge is -2.35. The molecule has 1 heterocycles. The van der Waals surface area contributed by atoms with Crippen LogP contribution < -0.4 is 16.6 Å². The number of aryl methyl sites for hydroxylation is 1. The number of thioether (sulfide) groups is 1. The highest BCUT2D eigenvalue weighted by molar-refractivity contribution is 7.99. The van der Waals surface area contributed by atoms with Crippen molar-refractivity contribution in [2.24, 2.45) is 0 Å². The summed E-state index contributed by atoms with van der Waals surface area (Å²) in [5, 5.41) is 64.6. The third kappa shape index (κ3) is 6.43. The number of anilines is 1. The molecule has 5 atom stereocenters. The Kier molecular flexibility index (Phi) is 9.49. The van der Waals surface area contributed by atoms with E-state index in [1.54, 1.807) is 6.92 Å². The maximum Gasteiger partial charge on any atom is 0.329 e. The van der Waals surface area contributed by atoms with Crippen LogP contribution in [-0.4, -0.2) is 76.5 Å². The van der Waals surface area contributed by atoms with Crippen molar-refractivity contribution in [1.82, 2.24) is 9.55 Å². The first-order chi connectivity index (χ1) is 16.4. The fourth-order valence-corrected chi connectivity index (χ4v) is 4.36. The average Bonchev–Trinajstić information content (AvgIpc) is 2.82. The van der Waals surface area contributed by atoms with Gasteiger partial charge in [0.25, 0.3) is 16.9 Å². The van der Waals surface area contributed by atoms with Crippen molar-refractivity contribution in [3.05, 3.63) is 71.0 Å². The topological polar surface area (TPSA) is 234 Å². The van der Waals surface area contributed by atoms with Crippen molar-refractivity contribution >= 4 is 28.8 Å². The van der Waals surface area contributed by atoms with Gasteiger partial charge in [0.1, 0.15) is 29.4 Å². The monoisotopic (exact) mass is 515 g/mol. The molecule has 0 aliphatic rings. The highest BCUT2D eigenvalue weighted by Gasteiger charge is 2.39. The summed E-state index contributed by atoms with van der Waals surface area (Å²) in [6.45, 7) is 2.21. The lowest BCUT2D eigenvalue weighted by molar-refractivity contribution is -0.393. The van der Waals surface area contributed by atoms with Crippen LogP contribution in [0, 0.1) is 27.2 Å². The maximum absolute atomic E-state index is 12.6. The van der Waals surface area contributed by atoms with Gasteiger partial charge in [-0.1, -0.05) is 6.92 Å². The molecule has 0 unspecified atom stereocenters. The average molecular weight is 516 g/mol. The number of hydrogen-bond acceptors (Lipinski definition) is 12. The molecule has 192 valence electrons. The van der Waals surface area contributed by atoms with Gasteiger partial charge in [-0.05, 0) is 18.7 Å². The van der Waals surface area contributed by atoms with Crippen molar-refractivity contribution in [3.8, 4) is 0 Å². The van der Waals surface area contributed by atoms with Gasteiger partial charge < -0.3 is 25.7 Å². The van der Waals surface area contributed by atoms with Crippen LogP contribution in [-0.2, 0) is 0 Å². The first-order valence-corrected chi connectivity index (χ1v) is 11.3. The minimum Gasteiger partial charge on any atom is -0.394 e. The zero-order chi connectivity index (χ0) is 26.4. The van der Waals surface area contributed by atoms with Crippen LogP contribution in [0.4, 0.5) is 17.1 Å². The Balaban J connectivity index is 2.70. The minimum atomic E-state index is -1.96.